The Kier molecular flexibility index (Phi) is 8.68. The first-order valence-corrected chi connectivity index (χ1v) is 10.8. The molecular weight excluding hydrogens is 506 g/mol. The lowest BCUT2D eigenvalue weighted by Gasteiger charge is -2.35. The molecular formula is C24H32FIN4O. The molecule has 2 N–H and O–H groups in total. The van der Waals surface area contributed by atoms with E-state index >= 15 is 0 Å². The largest absolute Gasteiger partial charge is 0.379 e. The molecule has 31 heavy (non-hydrogen) atoms. The number of ether oxygens (including phenoxy) is 1. The number of guanidine groups is 1. The molecule has 5 nitrogen and oxygen atoms in total. The minimum absolute atomic E-state index is 0. The Labute approximate surface area is 201 Å². The summed E-state index contributed by atoms with van der Waals surface area (Å²) >= 11 is 0. The van der Waals surface area contributed by atoms with Crippen LogP contribution in [0.25, 0.3) is 0 Å². The minimum atomic E-state index is -0.119. The molecule has 1 saturated carbocycles. The molecule has 1 atom stereocenters. The summed E-state index contributed by atoms with van der Waals surface area (Å²) in [5, 5.41) is 6.93. The van der Waals surface area contributed by atoms with Gasteiger partial charge >= 0.3 is 0 Å². The van der Waals surface area contributed by atoms with Gasteiger partial charge in [-0.2, -0.15) is 0 Å². The second kappa shape index (κ2) is 11.2. The lowest BCUT2D eigenvalue weighted by molar-refractivity contribution is 0.0170. The fourth-order valence-electron chi connectivity index (χ4n) is 4.27. The van der Waals surface area contributed by atoms with Crippen LogP contribution < -0.4 is 10.6 Å². The van der Waals surface area contributed by atoms with Crippen LogP contribution in [-0.4, -0.2) is 57.3 Å². The van der Waals surface area contributed by atoms with E-state index in [9.17, 15) is 4.39 Å². The van der Waals surface area contributed by atoms with Crippen LogP contribution in [-0.2, 0) is 10.2 Å². The Morgan fingerprint density at radius 3 is 2.39 bits per heavy atom. The normalized spacial score (nSPS) is 19.2. The SMILES string of the molecule is CN=C(NCC(c1ccccc1)N1CCOCC1)NCC1(c2ccccc2F)CC1.I. The molecule has 1 saturated heterocycles. The molecule has 1 unspecified atom stereocenters. The molecule has 0 bridgehead atoms. The average Bonchev–Trinajstić information content (AvgIpc) is 3.58. The van der Waals surface area contributed by atoms with E-state index in [2.05, 4.69) is 44.8 Å². The highest BCUT2D eigenvalue weighted by Crippen LogP contribution is 2.48. The smallest absolute Gasteiger partial charge is 0.191 e. The van der Waals surface area contributed by atoms with E-state index in [-0.39, 0.29) is 41.3 Å². The highest BCUT2D eigenvalue weighted by atomic mass is 127. The third kappa shape index (κ3) is 5.96. The number of nitrogens with zero attached hydrogens (tertiary/aromatic N) is 2. The molecule has 0 amide bonds. The molecule has 1 heterocycles. The Balaban J connectivity index is 0.00000272. The Morgan fingerprint density at radius 2 is 1.74 bits per heavy atom. The summed E-state index contributed by atoms with van der Waals surface area (Å²) in [6.07, 6.45) is 2.00. The summed E-state index contributed by atoms with van der Waals surface area (Å²) in [4.78, 5) is 6.86. The lowest BCUT2D eigenvalue weighted by atomic mass is 9.95. The van der Waals surface area contributed by atoms with Crippen molar-refractivity contribution < 1.29 is 9.13 Å². The van der Waals surface area contributed by atoms with Crippen molar-refractivity contribution >= 4 is 29.9 Å². The molecule has 1 aliphatic carbocycles. The van der Waals surface area contributed by atoms with Gasteiger partial charge in [0, 0.05) is 38.6 Å². The number of nitrogens with one attached hydrogen (secondary N) is 2. The van der Waals surface area contributed by atoms with E-state index < -0.39 is 0 Å². The van der Waals surface area contributed by atoms with Crippen LogP contribution in [0.15, 0.2) is 59.6 Å². The molecule has 168 valence electrons. The molecule has 7 heteroatoms. The number of morpholine rings is 1. The van der Waals surface area contributed by atoms with E-state index in [1.165, 1.54) is 5.56 Å². The quantitative estimate of drug-likeness (QED) is 0.321. The predicted octanol–water partition coefficient (Wildman–Crippen LogP) is 3.71. The van der Waals surface area contributed by atoms with Crippen LogP contribution in [0.1, 0.15) is 30.0 Å². The Hall–Kier alpha value is -1.71. The van der Waals surface area contributed by atoms with Gasteiger partial charge in [0.05, 0.1) is 19.3 Å². The van der Waals surface area contributed by atoms with Crippen LogP contribution in [0.5, 0.6) is 0 Å². The molecule has 4 rings (SSSR count). The number of halogens is 2. The number of benzene rings is 2. The molecule has 1 aliphatic heterocycles. The summed E-state index contributed by atoms with van der Waals surface area (Å²) in [5.41, 5.74) is 1.97. The van der Waals surface area contributed by atoms with E-state index in [0.717, 1.165) is 57.2 Å². The number of rotatable bonds is 7. The Morgan fingerprint density at radius 1 is 1.06 bits per heavy atom. The van der Waals surface area contributed by atoms with E-state index in [4.69, 9.17) is 4.74 Å². The molecule has 2 aromatic rings. The van der Waals surface area contributed by atoms with Gasteiger partial charge in [-0.1, -0.05) is 48.5 Å². The second-order valence-electron chi connectivity index (χ2n) is 8.14. The Bertz CT molecular complexity index is 854. The summed E-state index contributed by atoms with van der Waals surface area (Å²) in [7, 11) is 1.78. The fourth-order valence-corrected chi connectivity index (χ4v) is 4.27. The maximum atomic E-state index is 14.3. The zero-order chi connectivity index (χ0) is 20.8. The van der Waals surface area contributed by atoms with Crippen molar-refractivity contribution in [2.45, 2.75) is 24.3 Å². The van der Waals surface area contributed by atoms with Crippen molar-refractivity contribution in [1.29, 1.82) is 0 Å². The van der Waals surface area contributed by atoms with Gasteiger partial charge < -0.3 is 15.4 Å². The van der Waals surface area contributed by atoms with Crippen LogP contribution in [0, 0.1) is 5.82 Å². The molecule has 2 aliphatic rings. The van der Waals surface area contributed by atoms with Crippen molar-refractivity contribution in [3.05, 3.63) is 71.5 Å². The van der Waals surface area contributed by atoms with Crippen LogP contribution in [0.2, 0.25) is 0 Å². The summed E-state index contributed by atoms with van der Waals surface area (Å²) in [6, 6.07) is 17.9. The highest BCUT2D eigenvalue weighted by molar-refractivity contribution is 14.0. The van der Waals surface area contributed by atoms with E-state index in [0.29, 0.717) is 6.54 Å². The van der Waals surface area contributed by atoms with Gasteiger partial charge in [0.25, 0.3) is 0 Å². The second-order valence-corrected chi connectivity index (χ2v) is 8.14. The summed E-state index contributed by atoms with van der Waals surface area (Å²) in [6.45, 7) is 4.80. The van der Waals surface area contributed by atoms with E-state index in [1.807, 2.05) is 18.2 Å². The molecule has 0 spiro atoms. The molecule has 0 radical (unpaired) electrons. The maximum Gasteiger partial charge on any atom is 0.191 e. The van der Waals surface area contributed by atoms with Gasteiger partial charge in [0.2, 0.25) is 0 Å². The standard InChI is InChI=1S/C24H31FN4O.HI/c1-26-23(28-18-24(11-12-24)20-9-5-6-10-21(20)25)27-17-22(19-7-3-2-4-8-19)29-13-15-30-16-14-29;/h2-10,22H,11-18H2,1H3,(H2,26,27,28);1H. The molecule has 2 aromatic carbocycles. The van der Waals surface area contributed by atoms with Gasteiger partial charge in [-0.15, -0.1) is 24.0 Å². The highest BCUT2D eigenvalue weighted by Gasteiger charge is 2.45. The zero-order valence-corrected chi connectivity index (χ0v) is 20.3. The van der Waals surface area contributed by atoms with Gasteiger partial charge in [0.1, 0.15) is 5.82 Å². The number of hydrogen-bond acceptors (Lipinski definition) is 3. The van der Waals surface area contributed by atoms with Crippen LogP contribution in [0.3, 0.4) is 0 Å². The molecule has 2 fully saturated rings. The first kappa shape index (κ1) is 23.9. The molecule has 0 aromatic heterocycles. The van der Waals surface area contributed by atoms with Gasteiger partial charge in [-0.25, -0.2) is 4.39 Å². The van der Waals surface area contributed by atoms with Crippen molar-refractivity contribution in [3.63, 3.8) is 0 Å². The predicted molar refractivity (Wildman–Crippen MR) is 134 cm³/mol. The lowest BCUT2D eigenvalue weighted by Crippen LogP contribution is -2.47. The third-order valence-corrected chi connectivity index (χ3v) is 6.25. The third-order valence-electron chi connectivity index (χ3n) is 6.25. The topological polar surface area (TPSA) is 48.9 Å². The summed E-state index contributed by atoms with van der Waals surface area (Å²) in [5.74, 6) is 0.642. The van der Waals surface area contributed by atoms with Crippen molar-refractivity contribution in [3.8, 4) is 0 Å². The summed E-state index contributed by atoms with van der Waals surface area (Å²) < 4.78 is 19.8. The minimum Gasteiger partial charge on any atom is -0.379 e. The van der Waals surface area contributed by atoms with Gasteiger partial charge in [0.15, 0.2) is 5.96 Å². The van der Waals surface area contributed by atoms with Crippen LogP contribution in [0.4, 0.5) is 4.39 Å². The van der Waals surface area contributed by atoms with Crippen LogP contribution >= 0.6 is 24.0 Å². The number of aliphatic imine (C=N–C) groups is 1. The first-order valence-electron chi connectivity index (χ1n) is 10.8. The van der Waals surface area contributed by atoms with Crippen molar-refractivity contribution in [1.82, 2.24) is 15.5 Å². The van der Waals surface area contributed by atoms with Gasteiger partial charge in [-0.05, 0) is 30.0 Å². The van der Waals surface area contributed by atoms with E-state index in [1.54, 1.807) is 19.2 Å². The monoisotopic (exact) mass is 538 g/mol. The zero-order valence-electron chi connectivity index (χ0n) is 18.0. The average molecular weight is 538 g/mol. The fraction of sp³-hybridized carbons (Fsp3) is 0.458. The van der Waals surface area contributed by atoms with Crippen molar-refractivity contribution in [2.75, 3.05) is 46.4 Å². The number of hydrogen-bond donors (Lipinski definition) is 2. The van der Waals surface area contributed by atoms with Gasteiger partial charge in [-0.3, -0.25) is 9.89 Å². The van der Waals surface area contributed by atoms with Crippen molar-refractivity contribution in [2.24, 2.45) is 4.99 Å². The maximum absolute atomic E-state index is 14.3. The first-order chi connectivity index (χ1) is 14.7.